The van der Waals surface area contributed by atoms with E-state index in [2.05, 4.69) is 6.92 Å². The Labute approximate surface area is 110 Å². The van der Waals surface area contributed by atoms with Crippen molar-refractivity contribution in [3.8, 4) is 0 Å². The summed E-state index contributed by atoms with van der Waals surface area (Å²) in [6, 6.07) is 8.04. The number of aryl methyl sites for hydroxylation is 1. The van der Waals surface area contributed by atoms with Gasteiger partial charge in [0.2, 0.25) is 0 Å². The molecule has 5 atom stereocenters. The third-order valence-corrected chi connectivity index (χ3v) is 6.93. The van der Waals surface area contributed by atoms with Gasteiger partial charge in [-0.25, -0.2) is 0 Å². The van der Waals surface area contributed by atoms with Crippen LogP contribution in [0, 0.1) is 18.8 Å². The molecule has 2 saturated carbocycles. The smallest absolute Gasteiger partial charge is 0.0589 e. The van der Waals surface area contributed by atoms with E-state index in [1.165, 1.54) is 24.8 Å². The first kappa shape index (κ1) is 11.7. The highest BCUT2D eigenvalue weighted by Gasteiger charge is 2.49. The fraction of sp³-hybridized carbons (Fsp3) is 0.571. The normalized spacial score (nSPS) is 37.3. The van der Waals surface area contributed by atoms with E-state index < -0.39 is 10.8 Å². The van der Waals surface area contributed by atoms with Gasteiger partial charge in [-0.3, -0.25) is 4.21 Å². The van der Waals surface area contributed by atoms with E-state index in [0.29, 0.717) is 11.8 Å². The van der Waals surface area contributed by atoms with Crippen LogP contribution in [0.15, 0.2) is 29.2 Å². The number of fused-ring (bicyclic) bond motifs is 2. The molecule has 0 radical (unpaired) electrons. The second-order valence-electron chi connectivity index (χ2n) is 5.35. The summed E-state index contributed by atoms with van der Waals surface area (Å²) >= 11 is 6.46. The Kier molecular flexibility index (Phi) is 3.04. The molecule has 17 heavy (non-hydrogen) atoms. The number of rotatable bonds is 2. The Bertz CT molecular complexity index is 440. The van der Waals surface area contributed by atoms with Crippen LogP contribution in [-0.2, 0) is 10.8 Å². The lowest BCUT2D eigenvalue weighted by Gasteiger charge is -2.25. The second-order valence-corrected chi connectivity index (χ2v) is 7.47. The van der Waals surface area contributed by atoms with E-state index in [1.807, 2.05) is 24.3 Å². The minimum Gasteiger partial charge on any atom is -0.254 e. The first-order valence-electron chi connectivity index (χ1n) is 6.28. The molecule has 1 aromatic rings. The van der Waals surface area contributed by atoms with Crippen LogP contribution in [0.5, 0.6) is 0 Å². The first-order chi connectivity index (χ1) is 8.16. The highest BCUT2D eigenvalue weighted by molar-refractivity contribution is 7.85. The van der Waals surface area contributed by atoms with Crippen molar-refractivity contribution in [2.24, 2.45) is 11.8 Å². The van der Waals surface area contributed by atoms with Gasteiger partial charge in [-0.15, -0.1) is 11.6 Å². The Balaban J connectivity index is 1.85. The molecule has 2 bridgehead atoms. The topological polar surface area (TPSA) is 17.1 Å². The van der Waals surface area contributed by atoms with Crippen molar-refractivity contribution in [2.45, 2.75) is 41.7 Å². The first-order valence-corrected chi connectivity index (χ1v) is 7.93. The lowest BCUT2D eigenvalue weighted by molar-refractivity contribution is 0.488. The largest absolute Gasteiger partial charge is 0.254 e. The molecular weight excluding hydrogens is 252 g/mol. The highest BCUT2D eigenvalue weighted by Crippen LogP contribution is 2.50. The van der Waals surface area contributed by atoms with Gasteiger partial charge in [0.05, 0.1) is 21.4 Å². The van der Waals surface area contributed by atoms with E-state index in [-0.39, 0.29) is 10.6 Å². The van der Waals surface area contributed by atoms with E-state index in [1.54, 1.807) is 0 Å². The Morgan fingerprint density at radius 2 is 1.82 bits per heavy atom. The molecule has 0 amide bonds. The lowest BCUT2D eigenvalue weighted by atomic mass is 10.00. The second kappa shape index (κ2) is 4.40. The van der Waals surface area contributed by atoms with E-state index >= 15 is 0 Å². The van der Waals surface area contributed by atoms with Crippen LogP contribution >= 0.6 is 11.6 Å². The monoisotopic (exact) mass is 268 g/mol. The molecule has 3 heteroatoms. The van der Waals surface area contributed by atoms with Crippen LogP contribution < -0.4 is 0 Å². The molecule has 1 nitrogen and oxygen atoms in total. The summed E-state index contributed by atoms with van der Waals surface area (Å²) < 4.78 is 12.6. The van der Waals surface area contributed by atoms with Gasteiger partial charge in [0.25, 0.3) is 0 Å². The van der Waals surface area contributed by atoms with Crippen molar-refractivity contribution in [1.82, 2.24) is 0 Å². The fourth-order valence-corrected chi connectivity index (χ4v) is 5.78. The number of hydrogen-bond acceptors (Lipinski definition) is 1. The van der Waals surface area contributed by atoms with Gasteiger partial charge in [-0.05, 0) is 50.2 Å². The third kappa shape index (κ3) is 1.96. The molecule has 2 aliphatic carbocycles. The van der Waals surface area contributed by atoms with Gasteiger partial charge < -0.3 is 0 Å². The van der Waals surface area contributed by atoms with Crippen molar-refractivity contribution in [2.75, 3.05) is 0 Å². The number of hydrogen-bond donors (Lipinski definition) is 0. The van der Waals surface area contributed by atoms with Crippen LogP contribution in [0.1, 0.15) is 24.8 Å². The number of halogens is 1. The maximum Gasteiger partial charge on any atom is 0.0589 e. The predicted molar refractivity (Wildman–Crippen MR) is 71.8 cm³/mol. The molecule has 2 aliphatic rings. The third-order valence-electron chi connectivity index (χ3n) is 4.24. The standard InChI is InChI=1S/C14H17ClOS/c1-9-2-6-12(7-3-9)17(16)14-11-5-4-10(8-11)13(14)15/h2-3,6-7,10-11,13-14H,4-5,8H2,1H3/t10-,11-,13-,14+,17-/m0/s1. The van der Waals surface area contributed by atoms with E-state index in [4.69, 9.17) is 11.6 Å². The summed E-state index contributed by atoms with van der Waals surface area (Å²) in [5.74, 6) is 1.20. The minimum absolute atomic E-state index is 0.121. The van der Waals surface area contributed by atoms with Crippen molar-refractivity contribution in [3.05, 3.63) is 29.8 Å². The summed E-state index contributed by atoms with van der Waals surface area (Å²) in [6.07, 6.45) is 3.65. The molecule has 0 N–H and O–H groups in total. The molecule has 2 fully saturated rings. The molecule has 0 spiro atoms. The molecule has 0 heterocycles. The summed E-state index contributed by atoms with van der Waals surface area (Å²) in [6.45, 7) is 2.05. The quantitative estimate of drug-likeness (QED) is 0.751. The van der Waals surface area contributed by atoms with Crippen LogP contribution in [-0.4, -0.2) is 14.8 Å². The van der Waals surface area contributed by atoms with Crippen LogP contribution in [0.3, 0.4) is 0 Å². The zero-order chi connectivity index (χ0) is 12.0. The fourth-order valence-electron chi connectivity index (χ4n) is 3.29. The lowest BCUT2D eigenvalue weighted by Crippen LogP contribution is -2.32. The summed E-state index contributed by atoms with van der Waals surface area (Å²) in [7, 11) is -0.929. The van der Waals surface area contributed by atoms with Crippen molar-refractivity contribution < 1.29 is 4.21 Å². The Morgan fingerprint density at radius 1 is 1.18 bits per heavy atom. The zero-order valence-corrected chi connectivity index (χ0v) is 11.5. The predicted octanol–water partition coefficient (Wildman–Crippen LogP) is 3.51. The van der Waals surface area contributed by atoms with Gasteiger partial charge >= 0.3 is 0 Å². The maximum atomic E-state index is 12.6. The molecule has 0 aromatic heterocycles. The van der Waals surface area contributed by atoms with Crippen molar-refractivity contribution >= 4 is 22.4 Å². The summed E-state index contributed by atoms with van der Waals surface area (Å²) in [5, 5.41) is 0.300. The van der Waals surface area contributed by atoms with Crippen molar-refractivity contribution in [1.29, 1.82) is 0 Å². The van der Waals surface area contributed by atoms with Crippen LogP contribution in [0.2, 0.25) is 0 Å². The Morgan fingerprint density at radius 3 is 2.41 bits per heavy atom. The molecular formula is C14H17ClOS. The number of alkyl halides is 1. The molecule has 0 saturated heterocycles. The maximum absolute atomic E-state index is 12.6. The minimum atomic E-state index is -0.929. The molecule has 1 aromatic carbocycles. The van der Waals surface area contributed by atoms with E-state index in [9.17, 15) is 4.21 Å². The van der Waals surface area contributed by atoms with Crippen molar-refractivity contribution in [3.63, 3.8) is 0 Å². The molecule has 92 valence electrons. The zero-order valence-electron chi connectivity index (χ0n) is 9.93. The Hall–Kier alpha value is -0.340. The van der Waals surface area contributed by atoms with Crippen LogP contribution in [0.4, 0.5) is 0 Å². The molecule has 0 unspecified atom stereocenters. The average Bonchev–Trinajstić information content (AvgIpc) is 2.89. The average molecular weight is 269 g/mol. The van der Waals surface area contributed by atoms with Gasteiger partial charge in [-0.2, -0.15) is 0 Å². The SMILES string of the molecule is Cc1ccc([S@](=O)[C@@H]2[C@H]3CC[C@@H](C3)[C@@H]2Cl)cc1. The molecule has 0 aliphatic heterocycles. The van der Waals surface area contributed by atoms with E-state index in [0.717, 1.165) is 4.90 Å². The molecule has 3 rings (SSSR count). The van der Waals surface area contributed by atoms with Gasteiger partial charge in [0, 0.05) is 4.90 Å². The van der Waals surface area contributed by atoms with Gasteiger partial charge in [0.1, 0.15) is 0 Å². The van der Waals surface area contributed by atoms with Gasteiger partial charge in [-0.1, -0.05) is 17.7 Å². The van der Waals surface area contributed by atoms with Crippen LogP contribution in [0.25, 0.3) is 0 Å². The summed E-state index contributed by atoms with van der Waals surface area (Å²) in [4.78, 5) is 0.943. The highest BCUT2D eigenvalue weighted by atomic mass is 35.5. The summed E-state index contributed by atoms with van der Waals surface area (Å²) in [5.41, 5.74) is 1.21. The number of benzene rings is 1. The van der Waals surface area contributed by atoms with Gasteiger partial charge in [0.15, 0.2) is 0 Å².